The number of nitrogens with zero attached hydrogens (tertiary/aromatic N) is 3. The van der Waals surface area contributed by atoms with E-state index in [1.54, 1.807) is 0 Å². The van der Waals surface area contributed by atoms with Gasteiger partial charge in [0.05, 0.1) is 23.0 Å². The number of aromatic nitrogens is 3. The van der Waals surface area contributed by atoms with Crippen molar-refractivity contribution in [3.05, 3.63) is 30.7 Å². The van der Waals surface area contributed by atoms with Gasteiger partial charge in [0.1, 0.15) is 11.4 Å². The maximum atomic E-state index is 12.0. The molecule has 2 aromatic heterocycles. The fourth-order valence-electron chi connectivity index (χ4n) is 1.60. The van der Waals surface area contributed by atoms with Crippen molar-refractivity contribution >= 4 is 9.84 Å². The number of alkyl halides is 3. The van der Waals surface area contributed by atoms with Gasteiger partial charge in [-0.25, -0.2) is 18.4 Å². The molecular weight excluding hydrogens is 323 g/mol. The SMILES string of the molecule is CCS(=O)(=O)c1cccnc1-c1cnc(OC(F)(F)F)cn1. The second-order valence-electron chi connectivity index (χ2n) is 4.04. The van der Waals surface area contributed by atoms with E-state index < -0.39 is 22.1 Å². The van der Waals surface area contributed by atoms with Gasteiger partial charge in [0.15, 0.2) is 9.84 Å². The van der Waals surface area contributed by atoms with Crippen LogP contribution in [0.1, 0.15) is 6.92 Å². The Morgan fingerprint density at radius 3 is 2.45 bits per heavy atom. The van der Waals surface area contributed by atoms with Gasteiger partial charge in [0.2, 0.25) is 5.88 Å². The lowest BCUT2D eigenvalue weighted by Crippen LogP contribution is -2.18. The molecule has 0 bridgehead atoms. The van der Waals surface area contributed by atoms with Crippen LogP contribution in [0.15, 0.2) is 35.6 Å². The average molecular weight is 333 g/mol. The molecule has 0 radical (unpaired) electrons. The highest BCUT2D eigenvalue weighted by Crippen LogP contribution is 2.25. The minimum atomic E-state index is -4.88. The second kappa shape index (κ2) is 5.87. The molecule has 0 saturated carbocycles. The van der Waals surface area contributed by atoms with Crippen LogP contribution in [-0.2, 0) is 9.84 Å². The summed E-state index contributed by atoms with van der Waals surface area (Å²) in [5, 5.41) is 0. The lowest BCUT2D eigenvalue weighted by atomic mass is 10.3. The number of halogens is 3. The number of hydrogen-bond donors (Lipinski definition) is 0. The van der Waals surface area contributed by atoms with E-state index in [-0.39, 0.29) is 22.0 Å². The number of ether oxygens (including phenoxy) is 1. The molecule has 6 nitrogen and oxygen atoms in total. The maximum Gasteiger partial charge on any atom is 0.574 e. The van der Waals surface area contributed by atoms with Crippen LogP contribution in [0.5, 0.6) is 5.88 Å². The largest absolute Gasteiger partial charge is 0.574 e. The van der Waals surface area contributed by atoms with Gasteiger partial charge in [-0.2, -0.15) is 0 Å². The van der Waals surface area contributed by atoms with Crippen LogP contribution >= 0.6 is 0 Å². The summed E-state index contributed by atoms with van der Waals surface area (Å²) in [7, 11) is -3.56. The molecule has 0 N–H and O–H groups in total. The number of rotatable bonds is 4. The summed E-state index contributed by atoms with van der Waals surface area (Å²) in [6.07, 6.45) is -1.80. The zero-order valence-corrected chi connectivity index (χ0v) is 12.0. The lowest BCUT2D eigenvalue weighted by molar-refractivity contribution is -0.276. The smallest absolute Gasteiger partial charge is 0.386 e. The summed E-state index contributed by atoms with van der Waals surface area (Å²) in [5.41, 5.74) is 0.0533. The third-order valence-electron chi connectivity index (χ3n) is 2.58. The normalized spacial score (nSPS) is 12.2. The first-order valence-corrected chi connectivity index (χ1v) is 7.64. The van der Waals surface area contributed by atoms with Crippen molar-refractivity contribution in [2.45, 2.75) is 18.2 Å². The molecule has 0 spiro atoms. The first kappa shape index (κ1) is 16.1. The van der Waals surface area contributed by atoms with E-state index in [0.717, 1.165) is 12.4 Å². The van der Waals surface area contributed by atoms with Gasteiger partial charge in [-0.15, -0.1) is 13.2 Å². The Bertz CT molecular complexity index is 761. The van der Waals surface area contributed by atoms with E-state index in [9.17, 15) is 21.6 Å². The van der Waals surface area contributed by atoms with Gasteiger partial charge in [-0.05, 0) is 12.1 Å². The van der Waals surface area contributed by atoms with Gasteiger partial charge >= 0.3 is 6.36 Å². The van der Waals surface area contributed by atoms with Gasteiger partial charge in [0, 0.05) is 6.20 Å². The lowest BCUT2D eigenvalue weighted by Gasteiger charge is -2.09. The van der Waals surface area contributed by atoms with Crippen molar-refractivity contribution in [3.8, 4) is 17.3 Å². The molecule has 2 heterocycles. The Balaban J connectivity index is 2.42. The molecule has 0 aliphatic carbocycles. The molecule has 0 aliphatic rings. The highest BCUT2D eigenvalue weighted by molar-refractivity contribution is 7.91. The molecular formula is C12H10F3N3O3S. The van der Waals surface area contributed by atoms with Crippen molar-refractivity contribution in [1.82, 2.24) is 15.0 Å². The van der Waals surface area contributed by atoms with Crippen molar-refractivity contribution in [3.63, 3.8) is 0 Å². The topological polar surface area (TPSA) is 82.0 Å². The van der Waals surface area contributed by atoms with Crippen molar-refractivity contribution in [1.29, 1.82) is 0 Å². The Morgan fingerprint density at radius 1 is 1.18 bits per heavy atom. The van der Waals surface area contributed by atoms with E-state index in [1.807, 2.05) is 0 Å². The molecule has 0 aliphatic heterocycles. The van der Waals surface area contributed by atoms with E-state index >= 15 is 0 Å². The van der Waals surface area contributed by atoms with Gasteiger partial charge in [0.25, 0.3) is 0 Å². The van der Waals surface area contributed by atoms with Gasteiger partial charge < -0.3 is 4.74 Å². The summed E-state index contributed by atoms with van der Waals surface area (Å²) >= 11 is 0. The molecule has 2 aromatic rings. The molecule has 0 saturated heterocycles. The Kier molecular flexibility index (Phi) is 4.31. The first-order valence-electron chi connectivity index (χ1n) is 5.99. The summed E-state index contributed by atoms with van der Waals surface area (Å²) in [6.45, 7) is 1.47. The molecule has 0 aromatic carbocycles. The standard InChI is InChI=1S/C12H10F3N3O3S/c1-2-22(19,20)9-4-3-5-16-11(9)8-6-18-10(7-17-8)21-12(13,14)15/h3-7H,2H2,1H3. The van der Waals surface area contributed by atoms with Gasteiger partial charge in [-0.3, -0.25) is 4.98 Å². The van der Waals surface area contributed by atoms with E-state index in [4.69, 9.17) is 0 Å². The summed E-state index contributed by atoms with van der Waals surface area (Å²) in [6, 6.07) is 2.80. The number of sulfone groups is 1. The fourth-order valence-corrected chi connectivity index (χ4v) is 2.65. The Labute approximate surface area is 123 Å². The molecule has 0 amide bonds. The van der Waals surface area contributed by atoms with Crippen molar-refractivity contribution in [2.24, 2.45) is 0 Å². The van der Waals surface area contributed by atoms with Crippen molar-refractivity contribution in [2.75, 3.05) is 5.75 Å². The Hall–Kier alpha value is -2.23. The van der Waals surface area contributed by atoms with Crippen LogP contribution < -0.4 is 4.74 Å². The molecule has 0 unspecified atom stereocenters. The predicted octanol–water partition coefficient (Wildman–Crippen LogP) is 2.23. The first-order chi connectivity index (χ1) is 10.2. The third kappa shape index (κ3) is 3.70. The predicted molar refractivity (Wildman–Crippen MR) is 69.7 cm³/mol. The van der Waals surface area contributed by atoms with Crippen molar-refractivity contribution < 1.29 is 26.3 Å². The molecule has 118 valence electrons. The zero-order valence-electron chi connectivity index (χ0n) is 11.2. The molecule has 22 heavy (non-hydrogen) atoms. The molecule has 10 heteroatoms. The molecule has 0 atom stereocenters. The van der Waals surface area contributed by atoms with Gasteiger partial charge in [-0.1, -0.05) is 6.92 Å². The number of pyridine rings is 1. The minimum absolute atomic E-state index is 0.0235. The summed E-state index contributed by atoms with van der Waals surface area (Å²) in [5.74, 6) is -0.888. The van der Waals surface area contributed by atoms with Crippen LogP contribution in [0.2, 0.25) is 0 Å². The van der Waals surface area contributed by atoms with Crippen LogP contribution in [0.4, 0.5) is 13.2 Å². The van der Waals surface area contributed by atoms with Crippen LogP contribution in [0.25, 0.3) is 11.4 Å². The molecule has 2 rings (SSSR count). The fraction of sp³-hybridized carbons (Fsp3) is 0.250. The highest BCUT2D eigenvalue weighted by atomic mass is 32.2. The average Bonchev–Trinajstić information content (AvgIpc) is 2.46. The van der Waals surface area contributed by atoms with Crippen LogP contribution in [0, 0.1) is 0 Å². The van der Waals surface area contributed by atoms with Crippen LogP contribution in [-0.4, -0.2) is 35.5 Å². The summed E-state index contributed by atoms with van der Waals surface area (Å²) < 4.78 is 63.7. The number of hydrogen-bond acceptors (Lipinski definition) is 6. The minimum Gasteiger partial charge on any atom is -0.386 e. The monoisotopic (exact) mass is 333 g/mol. The third-order valence-corrected chi connectivity index (χ3v) is 4.34. The second-order valence-corrected chi connectivity index (χ2v) is 6.29. The highest BCUT2D eigenvalue weighted by Gasteiger charge is 2.32. The van der Waals surface area contributed by atoms with E-state index in [0.29, 0.717) is 0 Å². The maximum absolute atomic E-state index is 12.0. The van der Waals surface area contributed by atoms with E-state index in [1.165, 1.54) is 25.3 Å². The zero-order chi connectivity index (χ0) is 16.4. The molecule has 0 fully saturated rings. The van der Waals surface area contributed by atoms with Crippen LogP contribution in [0.3, 0.4) is 0 Å². The summed E-state index contributed by atoms with van der Waals surface area (Å²) in [4.78, 5) is 11.0. The quantitative estimate of drug-likeness (QED) is 0.853. The van der Waals surface area contributed by atoms with E-state index in [2.05, 4.69) is 19.7 Å². The Morgan fingerprint density at radius 2 is 1.91 bits per heavy atom.